The molecule has 3 aromatic carbocycles. The van der Waals surface area contributed by atoms with Crippen LogP contribution in [0.25, 0.3) is 10.2 Å². The number of thiazole rings is 1. The average molecular weight is 480 g/mol. The van der Waals surface area contributed by atoms with Crippen LogP contribution in [0.3, 0.4) is 0 Å². The largest absolute Gasteiger partial charge is 0.372 e. The molecule has 1 aliphatic heterocycles. The van der Waals surface area contributed by atoms with Gasteiger partial charge in [0.15, 0.2) is 0 Å². The fourth-order valence-corrected chi connectivity index (χ4v) is 6.32. The third kappa shape index (κ3) is 4.67. The minimum absolute atomic E-state index is 0.107. The van der Waals surface area contributed by atoms with E-state index in [0.29, 0.717) is 16.9 Å². The molecular weight excluding hydrogens is 454 g/mol. The Kier molecular flexibility index (Phi) is 5.95. The lowest BCUT2D eigenvalue weighted by molar-refractivity contribution is 0.578. The fourth-order valence-electron chi connectivity index (χ4n) is 4.24. The first-order valence-electron chi connectivity index (χ1n) is 11.0. The number of sulfonamides is 1. The predicted octanol–water partition coefficient (Wildman–Crippen LogP) is 4.90. The third-order valence-corrected chi connectivity index (χ3v) is 8.30. The number of benzene rings is 3. The molecule has 0 radical (unpaired) electrons. The van der Waals surface area contributed by atoms with Gasteiger partial charge in [-0.25, -0.2) is 8.42 Å². The van der Waals surface area contributed by atoms with Crippen LogP contribution >= 0.6 is 11.3 Å². The van der Waals surface area contributed by atoms with Gasteiger partial charge in [-0.3, -0.25) is 14.1 Å². The van der Waals surface area contributed by atoms with Crippen LogP contribution in [0, 0.1) is 0 Å². The summed E-state index contributed by atoms with van der Waals surface area (Å²) in [5, 5.41) is 0. The van der Waals surface area contributed by atoms with Crippen LogP contribution < -0.4 is 14.5 Å². The predicted molar refractivity (Wildman–Crippen MR) is 135 cm³/mol. The summed E-state index contributed by atoms with van der Waals surface area (Å²) in [5.74, 6) is 0. The maximum absolute atomic E-state index is 13.0. The molecule has 33 heavy (non-hydrogen) atoms. The van der Waals surface area contributed by atoms with Gasteiger partial charge in [-0.2, -0.15) is 0 Å². The van der Waals surface area contributed by atoms with Gasteiger partial charge in [0.1, 0.15) is 0 Å². The van der Waals surface area contributed by atoms with E-state index in [1.54, 1.807) is 34.9 Å². The Morgan fingerprint density at radius 2 is 1.61 bits per heavy atom. The van der Waals surface area contributed by atoms with Crippen LogP contribution in [0.5, 0.6) is 0 Å². The van der Waals surface area contributed by atoms with Crippen LogP contribution in [-0.2, 0) is 16.6 Å². The summed E-state index contributed by atoms with van der Waals surface area (Å²) in [4.78, 5) is 14.9. The zero-order valence-corrected chi connectivity index (χ0v) is 19.7. The highest BCUT2D eigenvalue weighted by molar-refractivity contribution is 7.92. The first-order valence-corrected chi connectivity index (χ1v) is 13.3. The highest BCUT2D eigenvalue weighted by Crippen LogP contribution is 2.26. The van der Waals surface area contributed by atoms with Crippen molar-refractivity contribution in [2.75, 3.05) is 22.7 Å². The zero-order valence-electron chi connectivity index (χ0n) is 18.1. The Morgan fingerprint density at radius 3 is 2.33 bits per heavy atom. The molecule has 1 aliphatic rings. The lowest BCUT2D eigenvalue weighted by atomic mass is 10.1. The maximum atomic E-state index is 13.0. The van der Waals surface area contributed by atoms with Crippen molar-refractivity contribution in [3.63, 3.8) is 0 Å². The van der Waals surface area contributed by atoms with Crippen molar-refractivity contribution in [3.05, 3.63) is 88.0 Å². The van der Waals surface area contributed by atoms with Gasteiger partial charge in [-0.15, -0.1) is 0 Å². The van der Waals surface area contributed by atoms with Crippen molar-refractivity contribution in [1.29, 1.82) is 0 Å². The Bertz CT molecular complexity index is 1420. The maximum Gasteiger partial charge on any atom is 0.308 e. The second-order valence-corrected chi connectivity index (χ2v) is 10.9. The van der Waals surface area contributed by atoms with Crippen molar-refractivity contribution >= 4 is 43.0 Å². The molecular formula is C25H25N3O3S2. The van der Waals surface area contributed by atoms with Crippen molar-refractivity contribution in [2.24, 2.45) is 0 Å². The summed E-state index contributed by atoms with van der Waals surface area (Å²) in [6, 6.07) is 22.1. The Balaban J connectivity index is 1.37. The molecule has 0 unspecified atom stereocenters. The molecule has 1 fully saturated rings. The standard InChI is InChI=1S/C25H25N3O3S2/c29-25-28(18-19-7-3-1-4-8-19)23-14-13-22(17-24(23)32-25)33(30,31)26-20-9-11-21(12-10-20)27-15-5-2-6-16-27/h1,3-4,7-14,17,26H,2,5-6,15-16,18H2. The van der Waals surface area contributed by atoms with Gasteiger partial charge in [-0.1, -0.05) is 41.7 Å². The first-order chi connectivity index (χ1) is 16.0. The highest BCUT2D eigenvalue weighted by atomic mass is 32.2. The summed E-state index contributed by atoms with van der Waals surface area (Å²) in [6.07, 6.45) is 3.65. The topological polar surface area (TPSA) is 71.4 Å². The minimum atomic E-state index is -3.77. The average Bonchev–Trinajstić information content (AvgIpc) is 3.15. The molecule has 0 atom stereocenters. The summed E-state index contributed by atoms with van der Waals surface area (Å²) in [5.41, 5.74) is 3.39. The molecule has 0 bridgehead atoms. The number of aromatic nitrogens is 1. The second-order valence-electron chi connectivity index (χ2n) is 8.27. The third-order valence-electron chi connectivity index (χ3n) is 5.97. The molecule has 1 N–H and O–H groups in total. The van der Waals surface area contributed by atoms with Crippen LogP contribution in [0.15, 0.2) is 82.5 Å². The number of hydrogen-bond donors (Lipinski definition) is 1. The van der Waals surface area contributed by atoms with E-state index in [-0.39, 0.29) is 9.77 Å². The molecule has 6 nitrogen and oxygen atoms in total. The molecule has 5 rings (SSSR count). The van der Waals surface area contributed by atoms with E-state index in [0.717, 1.165) is 41.2 Å². The van der Waals surface area contributed by atoms with E-state index >= 15 is 0 Å². The van der Waals surface area contributed by atoms with Crippen LogP contribution in [0.1, 0.15) is 24.8 Å². The van der Waals surface area contributed by atoms with Crippen LogP contribution in [0.4, 0.5) is 11.4 Å². The van der Waals surface area contributed by atoms with Crippen molar-refractivity contribution in [3.8, 4) is 0 Å². The Labute approximate surface area is 197 Å². The summed E-state index contributed by atoms with van der Waals surface area (Å²) < 4.78 is 31.0. The zero-order chi connectivity index (χ0) is 22.8. The van der Waals surface area contributed by atoms with Gasteiger partial charge in [0, 0.05) is 24.5 Å². The van der Waals surface area contributed by atoms with Gasteiger partial charge in [0.05, 0.1) is 21.7 Å². The number of piperidine rings is 1. The Morgan fingerprint density at radius 1 is 0.879 bits per heavy atom. The number of anilines is 2. The fraction of sp³-hybridized carbons (Fsp3) is 0.240. The van der Waals surface area contributed by atoms with E-state index in [4.69, 9.17) is 0 Å². The Hall–Kier alpha value is -3.10. The van der Waals surface area contributed by atoms with Crippen molar-refractivity contribution < 1.29 is 8.42 Å². The molecule has 4 aromatic rings. The van der Waals surface area contributed by atoms with Gasteiger partial charge in [-0.05, 0) is 67.3 Å². The van der Waals surface area contributed by atoms with Crippen LogP contribution in [-0.4, -0.2) is 26.1 Å². The molecule has 0 aliphatic carbocycles. The second kappa shape index (κ2) is 9.03. The molecule has 1 saturated heterocycles. The first kappa shape index (κ1) is 21.7. The molecule has 0 spiro atoms. The van der Waals surface area contributed by atoms with E-state index in [1.165, 1.54) is 19.3 Å². The number of fused-ring (bicyclic) bond motifs is 1. The van der Waals surface area contributed by atoms with Crippen molar-refractivity contribution in [1.82, 2.24) is 4.57 Å². The van der Waals surface area contributed by atoms with E-state index in [1.807, 2.05) is 42.5 Å². The van der Waals surface area contributed by atoms with Gasteiger partial charge < -0.3 is 4.90 Å². The SMILES string of the molecule is O=c1sc2cc(S(=O)(=O)Nc3ccc(N4CCCCC4)cc3)ccc2n1Cc1ccccc1. The molecule has 170 valence electrons. The van der Waals surface area contributed by atoms with E-state index < -0.39 is 10.0 Å². The van der Waals surface area contributed by atoms with E-state index in [9.17, 15) is 13.2 Å². The lowest BCUT2D eigenvalue weighted by Crippen LogP contribution is -2.29. The summed E-state index contributed by atoms with van der Waals surface area (Å²) in [7, 11) is -3.77. The normalized spacial score (nSPS) is 14.5. The quantitative estimate of drug-likeness (QED) is 0.427. The van der Waals surface area contributed by atoms with E-state index in [2.05, 4.69) is 9.62 Å². The number of nitrogens with one attached hydrogen (secondary N) is 1. The van der Waals surface area contributed by atoms with Crippen LogP contribution in [0.2, 0.25) is 0 Å². The lowest BCUT2D eigenvalue weighted by Gasteiger charge is -2.28. The number of nitrogens with zero attached hydrogens (tertiary/aromatic N) is 2. The molecule has 0 saturated carbocycles. The molecule has 0 amide bonds. The van der Waals surface area contributed by atoms with Gasteiger partial charge >= 0.3 is 4.87 Å². The molecule has 1 aromatic heterocycles. The van der Waals surface area contributed by atoms with Gasteiger partial charge in [0.2, 0.25) is 0 Å². The number of hydrogen-bond acceptors (Lipinski definition) is 5. The van der Waals surface area contributed by atoms with Gasteiger partial charge in [0.25, 0.3) is 10.0 Å². The monoisotopic (exact) mass is 479 g/mol. The highest BCUT2D eigenvalue weighted by Gasteiger charge is 2.18. The minimum Gasteiger partial charge on any atom is -0.372 e. The summed E-state index contributed by atoms with van der Waals surface area (Å²) >= 11 is 1.06. The molecule has 8 heteroatoms. The number of rotatable bonds is 6. The molecule has 2 heterocycles. The summed E-state index contributed by atoms with van der Waals surface area (Å²) in [6.45, 7) is 2.53. The smallest absolute Gasteiger partial charge is 0.308 e. The van der Waals surface area contributed by atoms with Crippen molar-refractivity contribution in [2.45, 2.75) is 30.7 Å².